The van der Waals surface area contributed by atoms with Crippen molar-refractivity contribution in [2.75, 3.05) is 5.32 Å². The van der Waals surface area contributed by atoms with Gasteiger partial charge in [-0.3, -0.25) is 4.79 Å². The minimum absolute atomic E-state index is 0.0749. The number of rotatable bonds is 3. The molecule has 0 saturated heterocycles. The van der Waals surface area contributed by atoms with E-state index in [1.54, 1.807) is 0 Å². The molecule has 1 aromatic heterocycles. The summed E-state index contributed by atoms with van der Waals surface area (Å²) in [5, 5.41) is 2.85. The second kappa shape index (κ2) is 5.81. The van der Waals surface area contributed by atoms with Crippen LogP contribution in [0.1, 0.15) is 6.92 Å². The van der Waals surface area contributed by atoms with E-state index in [0.29, 0.717) is 14.7 Å². The highest BCUT2D eigenvalue weighted by Gasteiger charge is 2.24. The van der Waals surface area contributed by atoms with Gasteiger partial charge in [-0.1, -0.05) is 11.6 Å². The Morgan fingerprint density at radius 1 is 1.17 bits per heavy atom. The molecular weight excluding hydrogens is 356 g/mol. The first-order valence-corrected chi connectivity index (χ1v) is 8.55. The smallest absolute Gasteiger partial charge is 0.407 e. The molecule has 1 heterocycles. The predicted octanol–water partition coefficient (Wildman–Crippen LogP) is 2.44. The van der Waals surface area contributed by atoms with Gasteiger partial charge in [0.15, 0.2) is 5.58 Å². The molecule has 7 nitrogen and oxygen atoms in total. The van der Waals surface area contributed by atoms with Crippen LogP contribution in [0, 0.1) is 0 Å². The average Bonchev–Trinajstić information content (AvgIpc) is 2.82. The normalized spacial score (nSPS) is 11.6. The highest BCUT2D eigenvalue weighted by molar-refractivity contribution is 7.90. The standard InChI is InChI=1S/C15H11ClN2O5S/c1-9(19)17-11-3-5-12(6-4-11)24(21,22)18-13-7-2-10(16)8-14(13)23-15(18)20/h2-8H,1H3,(H,17,19). The zero-order valence-corrected chi connectivity index (χ0v) is 13.9. The van der Waals surface area contributed by atoms with Crippen LogP contribution in [-0.2, 0) is 14.8 Å². The fraction of sp³-hybridized carbons (Fsp3) is 0.0667. The lowest BCUT2D eigenvalue weighted by molar-refractivity contribution is -0.114. The van der Waals surface area contributed by atoms with Crippen LogP contribution in [0.15, 0.2) is 56.6 Å². The number of nitrogens with one attached hydrogen (secondary N) is 1. The van der Waals surface area contributed by atoms with Gasteiger partial charge < -0.3 is 9.73 Å². The van der Waals surface area contributed by atoms with Crippen molar-refractivity contribution in [3.8, 4) is 0 Å². The highest BCUT2D eigenvalue weighted by Crippen LogP contribution is 2.23. The monoisotopic (exact) mass is 366 g/mol. The fourth-order valence-electron chi connectivity index (χ4n) is 2.22. The van der Waals surface area contributed by atoms with Crippen molar-refractivity contribution >= 4 is 44.3 Å². The molecular formula is C15H11ClN2O5S. The Bertz CT molecular complexity index is 1100. The number of anilines is 1. The van der Waals surface area contributed by atoms with Crippen molar-refractivity contribution in [1.82, 2.24) is 3.97 Å². The van der Waals surface area contributed by atoms with Gasteiger partial charge in [0.05, 0.1) is 4.90 Å². The van der Waals surface area contributed by atoms with E-state index in [9.17, 15) is 18.0 Å². The first-order valence-electron chi connectivity index (χ1n) is 6.73. The number of fused-ring (bicyclic) bond motifs is 1. The Labute approximate surface area is 141 Å². The maximum atomic E-state index is 12.7. The summed E-state index contributed by atoms with van der Waals surface area (Å²) in [6.45, 7) is 1.34. The second-order valence-corrected chi connectivity index (χ2v) is 7.18. The molecule has 0 unspecified atom stereocenters. The molecule has 3 rings (SSSR count). The first kappa shape index (κ1) is 16.3. The number of amides is 1. The lowest BCUT2D eigenvalue weighted by Crippen LogP contribution is -2.23. The third-order valence-corrected chi connectivity index (χ3v) is 5.15. The summed E-state index contributed by atoms with van der Waals surface area (Å²) in [7, 11) is -4.16. The van der Waals surface area contributed by atoms with Gasteiger partial charge in [-0.2, -0.15) is 3.97 Å². The summed E-state index contributed by atoms with van der Waals surface area (Å²) in [5.74, 6) is -1.31. The van der Waals surface area contributed by atoms with Crippen LogP contribution in [-0.4, -0.2) is 18.3 Å². The zero-order valence-electron chi connectivity index (χ0n) is 12.3. The van der Waals surface area contributed by atoms with Crippen molar-refractivity contribution in [3.05, 3.63) is 58.0 Å². The molecule has 0 spiro atoms. The summed E-state index contributed by atoms with van der Waals surface area (Å²) in [4.78, 5) is 22.9. The summed E-state index contributed by atoms with van der Waals surface area (Å²) >= 11 is 5.82. The highest BCUT2D eigenvalue weighted by atomic mass is 35.5. The molecule has 0 aliphatic carbocycles. The van der Waals surface area contributed by atoms with Crippen molar-refractivity contribution in [2.24, 2.45) is 0 Å². The quantitative estimate of drug-likeness (QED) is 0.767. The van der Waals surface area contributed by atoms with Gasteiger partial charge in [0.25, 0.3) is 10.0 Å². The first-order chi connectivity index (χ1) is 11.3. The Kier molecular flexibility index (Phi) is 3.94. The molecule has 124 valence electrons. The Balaban J connectivity index is 2.13. The van der Waals surface area contributed by atoms with E-state index in [2.05, 4.69) is 5.32 Å². The minimum atomic E-state index is -4.16. The van der Waals surface area contributed by atoms with Gasteiger partial charge >= 0.3 is 5.76 Å². The van der Waals surface area contributed by atoms with E-state index in [4.69, 9.17) is 16.0 Å². The zero-order chi connectivity index (χ0) is 17.5. The molecule has 24 heavy (non-hydrogen) atoms. The summed E-state index contributed by atoms with van der Waals surface area (Å²) in [6.07, 6.45) is 0. The number of oxazole rings is 1. The fourth-order valence-corrected chi connectivity index (χ4v) is 3.71. The SMILES string of the molecule is CC(=O)Nc1ccc(S(=O)(=O)n2c(=O)oc3cc(Cl)ccc32)cc1. The van der Waals surface area contributed by atoms with Crippen LogP contribution in [0.2, 0.25) is 5.02 Å². The molecule has 0 aliphatic heterocycles. The number of hydrogen-bond donors (Lipinski definition) is 1. The summed E-state index contributed by atoms with van der Waals surface area (Å²) < 4.78 is 31.0. The lowest BCUT2D eigenvalue weighted by Gasteiger charge is -2.06. The van der Waals surface area contributed by atoms with Crippen LogP contribution in [0.3, 0.4) is 0 Å². The van der Waals surface area contributed by atoms with Gasteiger partial charge in [0, 0.05) is 23.7 Å². The molecule has 2 aromatic carbocycles. The second-order valence-electron chi connectivity index (χ2n) is 4.96. The third kappa shape index (κ3) is 2.81. The minimum Gasteiger partial charge on any atom is -0.407 e. The maximum absolute atomic E-state index is 12.7. The maximum Gasteiger partial charge on any atom is 0.434 e. The third-order valence-electron chi connectivity index (χ3n) is 3.22. The molecule has 0 fully saturated rings. The summed E-state index contributed by atoms with van der Waals surface area (Å²) in [6, 6.07) is 9.67. The van der Waals surface area contributed by atoms with E-state index in [1.165, 1.54) is 49.4 Å². The van der Waals surface area contributed by atoms with Crippen LogP contribution in [0.5, 0.6) is 0 Å². The number of carbonyl (C=O) groups excluding carboxylic acids is 1. The molecule has 1 N–H and O–H groups in total. The van der Waals surface area contributed by atoms with Gasteiger partial charge in [-0.25, -0.2) is 13.2 Å². The molecule has 0 radical (unpaired) electrons. The number of hydrogen-bond acceptors (Lipinski definition) is 5. The Morgan fingerprint density at radius 2 is 1.83 bits per heavy atom. The molecule has 0 bridgehead atoms. The molecule has 0 aliphatic rings. The van der Waals surface area contributed by atoms with E-state index in [1.807, 2.05) is 0 Å². The number of nitrogens with zero attached hydrogens (tertiary/aromatic N) is 1. The number of carbonyl (C=O) groups is 1. The average molecular weight is 367 g/mol. The largest absolute Gasteiger partial charge is 0.434 e. The molecule has 9 heteroatoms. The van der Waals surface area contributed by atoms with E-state index >= 15 is 0 Å². The molecule has 3 aromatic rings. The van der Waals surface area contributed by atoms with Crippen LogP contribution < -0.4 is 11.1 Å². The predicted molar refractivity (Wildman–Crippen MR) is 88.8 cm³/mol. The molecule has 0 saturated carbocycles. The Morgan fingerprint density at radius 3 is 2.46 bits per heavy atom. The van der Waals surface area contributed by atoms with Gasteiger partial charge in [-0.05, 0) is 36.4 Å². The Hall–Kier alpha value is -2.58. The van der Waals surface area contributed by atoms with Gasteiger partial charge in [0.1, 0.15) is 5.52 Å². The number of benzene rings is 2. The van der Waals surface area contributed by atoms with Crippen molar-refractivity contribution in [3.63, 3.8) is 0 Å². The van der Waals surface area contributed by atoms with Gasteiger partial charge in [-0.15, -0.1) is 0 Å². The topological polar surface area (TPSA) is 98.4 Å². The van der Waals surface area contributed by atoms with Crippen LogP contribution in [0.25, 0.3) is 11.1 Å². The lowest BCUT2D eigenvalue weighted by atomic mass is 10.3. The van der Waals surface area contributed by atoms with Crippen LogP contribution >= 0.6 is 11.6 Å². The summed E-state index contributed by atoms with van der Waals surface area (Å²) in [5.41, 5.74) is 0.610. The van der Waals surface area contributed by atoms with Gasteiger partial charge in [0.2, 0.25) is 5.91 Å². The van der Waals surface area contributed by atoms with E-state index in [0.717, 1.165) is 0 Å². The number of aromatic nitrogens is 1. The van der Waals surface area contributed by atoms with E-state index in [-0.39, 0.29) is 21.9 Å². The van der Waals surface area contributed by atoms with Crippen molar-refractivity contribution in [2.45, 2.75) is 11.8 Å². The number of halogens is 1. The van der Waals surface area contributed by atoms with Crippen LogP contribution in [0.4, 0.5) is 5.69 Å². The molecule has 1 amide bonds. The molecule has 0 atom stereocenters. The van der Waals surface area contributed by atoms with Crippen molar-refractivity contribution < 1.29 is 17.6 Å². The van der Waals surface area contributed by atoms with Crippen molar-refractivity contribution in [1.29, 1.82) is 0 Å². The van der Waals surface area contributed by atoms with E-state index < -0.39 is 15.8 Å².